The van der Waals surface area contributed by atoms with E-state index in [9.17, 15) is 9.90 Å². The molecule has 2 aromatic rings. The van der Waals surface area contributed by atoms with Crippen LogP contribution in [0.5, 0.6) is 0 Å². The summed E-state index contributed by atoms with van der Waals surface area (Å²) in [4.78, 5) is 19.6. The molecule has 7 heteroatoms. The molecule has 1 amide bonds. The van der Waals surface area contributed by atoms with Gasteiger partial charge in [0.2, 0.25) is 11.8 Å². The zero-order valence-electron chi connectivity index (χ0n) is 14.7. The lowest BCUT2D eigenvalue weighted by molar-refractivity contribution is 0.00668. The number of aromatic nitrogens is 1. The van der Waals surface area contributed by atoms with Gasteiger partial charge in [-0.15, -0.1) is 0 Å². The molecule has 1 fully saturated rings. The highest BCUT2D eigenvalue weighted by Crippen LogP contribution is 2.26. The summed E-state index contributed by atoms with van der Waals surface area (Å²) in [6.45, 7) is 6.47. The van der Waals surface area contributed by atoms with E-state index in [1.807, 2.05) is 51.1 Å². The van der Waals surface area contributed by atoms with Gasteiger partial charge < -0.3 is 24.1 Å². The minimum atomic E-state index is -0.877. The van der Waals surface area contributed by atoms with E-state index < -0.39 is 17.9 Å². The fourth-order valence-electron chi connectivity index (χ4n) is 2.63. The number of β-amino-alcohol motifs (C(OH)–C–C–N with tert-alkyl or cyclic N) is 1. The van der Waals surface area contributed by atoms with Gasteiger partial charge in [-0.2, -0.15) is 0 Å². The molecule has 2 heterocycles. The molecule has 0 saturated carbocycles. The van der Waals surface area contributed by atoms with Crippen molar-refractivity contribution in [2.45, 2.75) is 32.6 Å². The number of carbonyl (C=O) groups is 1. The molecule has 1 aliphatic heterocycles. The van der Waals surface area contributed by atoms with Crippen molar-refractivity contribution in [1.29, 1.82) is 0 Å². The van der Waals surface area contributed by atoms with Crippen LogP contribution in [0.1, 0.15) is 20.8 Å². The van der Waals surface area contributed by atoms with E-state index in [-0.39, 0.29) is 6.54 Å². The zero-order valence-corrected chi connectivity index (χ0v) is 14.7. The Morgan fingerprint density at radius 2 is 2.00 bits per heavy atom. The van der Waals surface area contributed by atoms with Gasteiger partial charge in [0.15, 0.2) is 0 Å². The van der Waals surface area contributed by atoms with Crippen molar-refractivity contribution in [3.63, 3.8) is 0 Å². The minimum Gasteiger partial charge on any atom is -0.444 e. The smallest absolute Gasteiger partial charge is 0.410 e. The number of hydrogen-bond acceptors (Lipinski definition) is 6. The summed E-state index contributed by atoms with van der Waals surface area (Å²) in [6.07, 6.45) is 0.292. The number of rotatable bonds is 2. The Bertz CT molecular complexity index is 723. The third-order valence-corrected chi connectivity index (χ3v) is 3.80. The fraction of sp³-hybridized carbons (Fsp3) is 0.444. The second-order valence-electron chi connectivity index (χ2n) is 6.97. The minimum absolute atomic E-state index is 0.149. The molecule has 0 spiro atoms. The molecule has 0 radical (unpaired) electrons. The number of ether oxygens (including phenoxy) is 1. The molecular weight excluding hydrogens is 322 g/mol. The second-order valence-corrected chi connectivity index (χ2v) is 6.97. The average molecular weight is 345 g/mol. The van der Waals surface area contributed by atoms with Crippen LogP contribution >= 0.6 is 0 Å². The maximum Gasteiger partial charge on any atom is 0.410 e. The molecule has 3 rings (SSSR count). The molecule has 1 atom stereocenters. The predicted molar refractivity (Wildman–Crippen MR) is 93.1 cm³/mol. The number of amides is 1. The molecule has 1 aromatic carbocycles. The molecule has 7 nitrogen and oxygen atoms in total. The van der Waals surface area contributed by atoms with E-state index in [1.165, 1.54) is 4.90 Å². The maximum atomic E-state index is 12.1. The van der Waals surface area contributed by atoms with Crippen LogP contribution in [-0.2, 0) is 4.74 Å². The first kappa shape index (κ1) is 17.3. The van der Waals surface area contributed by atoms with Crippen molar-refractivity contribution in [3.8, 4) is 11.5 Å². The maximum absolute atomic E-state index is 12.1. The summed E-state index contributed by atoms with van der Waals surface area (Å²) in [5.41, 5.74) is 0.310. The lowest BCUT2D eigenvalue weighted by Crippen LogP contribution is -2.55. The van der Waals surface area contributed by atoms with Crippen molar-refractivity contribution in [1.82, 2.24) is 9.88 Å². The van der Waals surface area contributed by atoms with Crippen molar-refractivity contribution < 1.29 is 19.1 Å². The SMILES string of the molecule is CC(C)(C)OC(=O)N1CCN(c2cnc(-c3ccccc3)o2)C(O)C1. The number of nitrogens with zero attached hydrogens (tertiary/aromatic N) is 3. The van der Waals surface area contributed by atoms with Crippen LogP contribution in [0.3, 0.4) is 0 Å². The van der Waals surface area contributed by atoms with Gasteiger partial charge in [-0.25, -0.2) is 9.78 Å². The van der Waals surface area contributed by atoms with Crippen LogP contribution in [0, 0.1) is 0 Å². The quantitative estimate of drug-likeness (QED) is 0.901. The highest BCUT2D eigenvalue weighted by atomic mass is 16.6. The summed E-state index contributed by atoms with van der Waals surface area (Å²) in [7, 11) is 0. The normalized spacial score (nSPS) is 18.3. The number of carbonyl (C=O) groups excluding carboxylic acids is 1. The number of aliphatic hydroxyl groups excluding tert-OH is 1. The molecule has 1 saturated heterocycles. The summed E-state index contributed by atoms with van der Waals surface area (Å²) in [5.74, 6) is 0.979. The van der Waals surface area contributed by atoms with Gasteiger partial charge in [0.25, 0.3) is 0 Å². The standard InChI is InChI=1S/C18H23N3O4/c1-18(2,3)25-17(23)20-9-10-21(14(22)12-20)15-11-19-16(24-15)13-7-5-4-6-8-13/h4-8,11,14,22H,9-10,12H2,1-3H3. The van der Waals surface area contributed by atoms with Gasteiger partial charge in [0.05, 0.1) is 12.7 Å². The Morgan fingerprint density at radius 1 is 1.28 bits per heavy atom. The molecule has 0 bridgehead atoms. The van der Waals surface area contributed by atoms with Gasteiger partial charge >= 0.3 is 6.09 Å². The highest BCUT2D eigenvalue weighted by molar-refractivity contribution is 5.68. The highest BCUT2D eigenvalue weighted by Gasteiger charge is 2.32. The summed E-state index contributed by atoms with van der Waals surface area (Å²) in [5, 5.41) is 10.4. The van der Waals surface area contributed by atoms with Crippen LogP contribution in [0.25, 0.3) is 11.5 Å². The zero-order chi connectivity index (χ0) is 18.0. The second kappa shape index (κ2) is 6.76. The van der Waals surface area contributed by atoms with Crippen LogP contribution < -0.4 is 4.90 Å². The Kier molecular flexibility index (Phi) is 4.67. The van der Waals surface area contributed by atoms with Crippen molar-refractivity contribution in [2.24, 2.45) is 0 Å². The first-order chi connectivity index (χ1) is 11.8. The number of benzene rings is 1. The lowest BCUT2D eigenvalue weighted by Gasteiger charge is -2.38. The van der Waals surface area contributed by atoms with Gasteiger partial charge in [-0.3, -0.25) is 0 Å². The van der Waals surface area contributed by atoms with Crippen LogP contribution in [-0.4, -0.2) is 52.5 Å². The van der Waals surface area contributed by atoms with Crippen molar-refractivity contribution in [3.05, 3.63) is 36.5 Å². The third kappa shape index (κ3) is 4.11. The third-order valence-electron chi connectivity index (χ3n) is 3.80. The molecule has 25 heavy (non-hydrogen) atoms. The molecule has 1 aromatic heterocycles. The average Bonchev–Trinajstić information content (AvgIpc) is 3.03. The van der Waals surface area contributed by atoms with E-state index in [1.54, 1.807) is 11.1 Å². The van der Waals surface area contributed by atoms with Gasteiger partial charge in [0, 0.05) is 18.7 Å². The summed E-state index contributed by atoms with van der Waals surface area (Å²) in [6, 6.07) is 9.56. The van der Waals surface area contributed by atoms with E-state index in [2.05, 4.69) is 4.98 Å². The van der Waals surface area contributed by atoms with Gasteiger partial charge in [-0.1, -0.05) is 18.2 Å². The van der Waals surface area contributed by atoms with E-state index >= 15 is 0 Å². The monoisotopic (exact) mass is 345 g/mol. The molecular formula is C18H23N3O4. The topological polar surface area (TPSA) is 79.0 Å². The number of hydrogen-bond donors (Lipinski definition) is 1. The Labute approximate surface area is 146 Å². The van der Waals surface area contributed by atoms with Crippen molar-refractivity contribution in [2.75, 3.05) is 24.5 Å². The van der Waals surface area contributed by atoms with Crippen molar-refractivity contribution >= 4 is 12.0 Å². The Hall–Kier alpha value is -2.54. The number of piperazine rings is 1. The fourth-order valence-corrected chi connectivity index (χ4v) is 2.63. The van der Waals surface area contributed by atoms with Gasteiger partial charge in [0.1, 0.15) is 11.8 Å². The molecule has 1 N–H and O–H groups in total. The number of aliphatic hydroxyl groups is 1. The number of anilines is 1. The predicted octanol–water partition coefficient (Wildman–Crippen LogP) is 2.72. The first-order valence-corrected chi connectivity index (χ1v) is 8.27. The van der Waals surface area contributed by atoms with Gasteiger partial charge in [-0.05, 0) is 32.9 Å². The largest absolute Gasteiger partial charge is 0.444 e. The van der Waals surface area contributed by atoms with Crippen LogP contribution in [0.2, 0.25) is 0 Å². The Balaban J connectivity index is 1.66. The number of oxazole rings is 1. The van der Waals surface area contributed by atoms with E-state index in [4.69, 9.17) is 9.15 Å². The summed E-state index contributed by atoms with van der Waals surface area (Å²) >= 11 is 0. The summed E-state index contributed by atoms with van der Waals surface area (Å²) < 4.78 is 11.1. The lowest BCUT2D eigenvalue weighted by atomic mass is 10.2. The van der Waals surface area contributed by atoms with E-state index in [0.717, 1.165) is 5.56 Å². The first-order valence-electron chi connectivity index (χ1n) is 8.27. The van der Waals surface area contributed by atoms with E-state index in [0.29, 0.717) is 24.9 Å². The van der Waals surface area contributed by atoms with Crippen LogP contribution in [0.4, 0.5) is 10.7 Å². The molecule has 1 aliphatic rings. The Morgan fingerprint density at radius 3 is 2.64 bits per heavy atom. The molecule has 134 valence electrons. The van der Waals surface area contributed by atoms with Crippen LogP contribution in [0.15, 0.2) is 40.9 Å². The molecule has 0 aliphatic carbocycles. The molecule has 1 unspecified atom stereocenters.